The number of carbonyl (C=O) groups excluding carboxylic acids is 1. The van der Waals surface area contributed by atoms with E-state index in [1.54, 1.807) is 24.3 Å². The third kappa shape index (κ3) is 3.76. The fourth-order valence-corrected chi connectivity index (χ4v) is 3.56. The molecule has 3 rings (SSSR count). The van der Waals surface area contributed by atoms with Crippen molar-refractivity contribution in [3.8, 4) is 28.5 Å². The van der Waals surface area contributed by atoms with E-state index >= 15 is 0 Å². The maximum atomic E-state index is 11.8. The fraction of sp³-hybridized carbons (Fsp3) is 0.105. The molecule has 9 heteroatoms. The summed E-state index contributed by atoms with van der Waals surface area (Å²) in [4.78, 5) is 11.9. The van der Waals surface area contributed by atoms with E-state index in [0.717, 1.165) is 10.9 Å². The summed E-state index contributed by atoms with van der Waals surface area (Å²) in [6, 6.07) is 14.3. The minimum absolute atomic E-state index is 0.126. The molecule has 0 fully saturated rings. The predicted molar refractivity (Wildman–Crippen MR) is 101 cm³/mol. The van der Waals surface area contributed by atoms with E-state index in [2.05, 4.69) is 5.10 Å². The van der Waals surface area contributed by atoms with E-state index in [0.29, 0.717) is 16.1 Å². The smallest absolute Gasteiger partial charge is 0.175 e. The molecule has 0 amide bonds. The van der Waals surface area contributed by atoms with Crippen molar-refractivity contribution >= 4 is 27.4 Å². The van der Waals surface area contributed by atoms with E-state index in [9.17, 15) is 18.3 Å². The van der Waals surface area contributed by atoms with Crippen molar-refractivity contribution < 1.29 is 18.3 Å². The van der Waals surface area contributed by atoms with Gasteiger partial charge < -0.3 is 9.90 Å². The van der Waals surface area contributed by atoms with Crippen LogP contribution in [0.4, 0.5) is 0 Å². The number of rotatable bonds is 5. The Bertz CT molecular complexity index is 1190. The summed E-state index contributed by atoms with van der Waals surface area (Å²) in [5.41, 5.74) is 1.33. The van der Waals surface area contributed by atoms with Gasteiger partial charge in [0.1, 0.15) is 12.2 Å². The van der Waals surface area contributed by atoms with Crippen LogP contribution in [0.1, 0.15) is 10.5 Å². The molecular formula is C19H13ClN3O4S-. The highest BCUT2D eigenvalue weighted by Gasteiger charge is 2.22. The summed E-state index contributed by atoms with van der Waals surface area (Å²) in [5.74, 6) is -1.48. The molecule has 0 bridgehead atoms. The van der Waals surface area contributed by atoms with Gasteiger partial charge in [-0.05, 0) is 29.8 Å². The summed E-state index contributed by atoms with van der Waals surface area (Å²) in [6.07, 6.45) is 1.09. The highest BCUT2D eigenvalue weighted by atomic mass is 35.5. The summed E-state index contributed by atoms with van der Waals surface area (Å²) in [7, 11) is -3.38. The van der Waals surface area contributed by atoms with Crippen LogP contribution in [0.15, 0.2) is 53.4 Å². The van der Waals surface area contributed by atoms with Gasteiger partial charge in [-0.2, -0.15) is 10.4 Å². The van der Waals surface area contributed by atoms with Gasteiger partial charge in [0.05, 0.1) is 22.6 Å². The van der Waals surface area contributed by atoms with Gasteiger partial charge in [-0.1, -0.05) is 35.9 Å². The monoisotopic (exact) mass is 414 g/mol. The number of hydrogen-bond donors (Lipinski definition) is 0. The molecule has 0 N–H and O–H groups in total. The Morgan fingerprint density at radius 1 is 1.14 bits per heavy atom. The molecule has 0 aliphatic heterocycles. The highest BCUT2D eigenvalue weighted by molar-refractivity contribution is 7.90. The Balaban J connectivity index is 2.28. The summed E-state index contributed by atoms with van der Waals surface area (Å²) >= 11 is 5.92. The third-order valence-corrected chi connectivity index (χ3v) is 5.44. The average Bonchev–Trinajstić information content (AvgIpc) is 3.01. The molecule has 0 aliphatic rings. The maximum absolute atomic E-state index is 11.8. The average molecular weight is 415 g/mol. The van der Waals surface area contributed by atoms with Gasteiger partial charge in [0.25, 0.3) is 0 Å². The lowest BCUT2D eigenvalue weighted by Crippen LogP contribution is -2.26. The predicted octanol–water partition coefficient (Wildman–Crippen LogP) is 2.16. The number of carboxylic acid groups (broad SMARTS) is 1. The molecule has 0 unspecified atom stereocenters. The first-order valence-corrected chi connectivity index (χ1v) is 10.2. The third-order valence-electron chi connectivity index (χ3n) is 4.06. The summed E-state index contributed by atoms with van der Waals surface area (Å²) in [5, 5.41) is 25.6. The van der Waals surface area contributed by atoms with E-state index < -0.39 is 15.8 Å². The quantitative estimate of drug-likeness (QED) is 0.631. The number of carbonyl (C=O) groups is 1. The van der Waals surface area contributed by atoms with E-state index in [1.165, 1.54) is 24.3 Å². The maximum Gasteiger partial charge on any atom is 0.175 e. The molecule has 0 radical (unpaired) electrons. The first-order valence-electron chi connectivity index (χ1n) is 7.98. The van der Waals surface area contributed by atoms with Crippen LogP contribution in [-0.2, 0) is 16.4 Å². The number of aromatic carboxylic acids is 1. The number of nitriles is 1. The van der Waals surface area contributed by atoms with Gasteiger partial charge in [0.15, 0.2) is 9.84 Å². The lowest BCUT2D eigenvalue weighted by molar-refractivity contribution is -0.255. The largest absolute Gasteiger partial charge is 0.543 e. The molecule has 1 heterocycles. The van der Waals surface area contributed by atoms with Gasteiger partial charge in [-0.3, -0.25) is 0 Å². The normalized spacial score (nSPS) is 11.2. The number of carboxylic acids is 1. The SMILES string of the molecule is CS(=O)(=O)c1ccc(-c2nn(CC#N)c(C(=O)[O-])c2-c2ccc(Cl)cc2)cc1. The van der Waals surface area contributed by atoms with Crippen molar-refractivity contribution in [1.82, 2.24) is 9.78 Å². The number of aromatic nitrogens is 2. The first-order chi connectivity index (χ1) is 13.2. The van der Waals surface area contributed by atoms with Crippen molar-refractivity contribution in [3.63, 3.8) is 0 Å². The zero-order valence-corrected chi connectivity index (χ0v) is 16.2. The van der Waals surface area contributed by atoms with Crippen LogP contribution in [0.2, 0.25) is 5.02 Å². The zero-order chi connectivity index (χ0) is 20.5. The van der Waals surface area contributed by atoms with Crippen molar-refractivity contribution in [2.45, 2.75) is 11.4 Å². The van der Waals surface area contributed by atoms with E-state index in [-0.39, 0.29) is 28.4 Å². The number of hydrogen-bond acceptors (Lipinski definition) is 6. The minimum Gasteiger partial charge on any atom is -0.543 e. The van der Waals surface area contributed by atoms with E-state index in [1.807, 2.05) is 6.07 Å². The second-order valence-electron chi connectivity index (χ2n) is 5.98. The van der Waals surface area contributed by atoms with Gasteiger partial charge in [-0.25, -0.2) is 13.1 Å². The fourth-order valence-electron chi connectivity index (χ4n) is 2.80. The van der Waals surface area contributed by atoms with Crippen LogP contribution in [-0.4, -0.2) is 30.4 Å². The number of benzene rings is 2. The lowest BCUT2D eigenvalue weighted by Gasteiger charge is -2.09. The Morgan fingerprint density at radius 3 is 2.21 bits per heavy atom. The molecular weight excluding hydrogens is 402 g/mol. The topological polar surface area (TPSA) is 116 Å². The van der Waals surface area contributed by atoms with Crippen molar-refractivity contribution in [2.24, 2.45) is 0 Å². The number of nitrogens with zero attached hydrogens (tertiary/aromatic N) is 3. The Hall–Kier alpha value is -3.15. The van der Waals surface area contributed by atoms with Gasteiger partial charge in [-0.15, -0.1) is 0 Å². The van der Waals surface area contributed by atoms with Crippen molar-refractivity contribution in [1.29, 1.82) is 5.26 Å². The molecule has 28 heavy (non-hydrogen) atoms. The molecule has 0 aliphatic carbocycles. The molecule has 1 aromatic heterocycles. The van der Waals surface area contributed by atoms with Crippen LogP contribution < -0.4 is 5.11 Å². The minimum atomic E-state index is -3.38. The van der Waals surface area contributed by atoms with Crippen LogP contribution in [0, 0.1) is 11.3 Å². The Kier molecular flexibility index (Phi) is 5.23. The molecule has 0 saturated heterocycles. The molecule has 0 atom stereocenters. The van der Waals surface area contributed by atoms with Gasteiger partial charge >= 0.3 is 0 Å². The van der Waals surface area contributed by atoms with Crippen LogP contribution in [0.25, 0.3) is 22.4 Å². The van der Waals surface area contributed by atoms with Gasteiger partial charge in [0, 0.05) is 22.4 Å². The molecule has 0 saturated carbocycles. The second kappa shape index (κ2) is 7.46. The van der Waals surface area contributed by atoms with Gasteiger partial charge in [0.2, 0.25) is 0 Å². The standard InChI is InChI=1S/C19H14ClN3O4S/c1-28(26,27)15-8-4-13(5-9-15)17-16(12-2-6-14(20)7-3-12)18(19(24)25)23(22-17)11-10-21/h2-9H,11H2,1H3,(H,24,25)/p-1. The summed E-state index contributed by atoms with van der Waals surface area (Å²) < 4.78 is 24.4. The summed E-state index contributed by atoms with van der Waals surface area (Å²) in [6.45, 7) is -0.286. The lowest BCUT2D eigenvalue weighted by atomic mass is 9.99. The molecule has 142 valence electrons. The van der Waals surface area contributed by atoms with Crippen molar-refractivity contribution in [2.75, 3.05) is 6.26 Å². The second-order valence-corrected chi connectivity index (χ2v) is 8.43. The molecule has 0 spiro atoms. The number of sulfone groups is 1. The first kappa shape index (κ1) is 19.6. The van der Waals surface area contributed by atoms with Crippen LogP contribution in [0.5, 0.6) is 0 Å². The van der Waals surface area contributed by atoms with E-state index in [4.69, 9.17) is 16.9 Å². The Morgan fingerprint density at radius 2 is 1.71 bits per heavy atom. The molecule has 7 nitrogen and oxygen atoms in total. The highest BCUT2D eigenvalue weighted by Crippen LogP contribution is 2.35. The number of halogens is 1. The molecule has 3 aromatic rings. The van der Waals surface area contributed by atoms with Crippen LogP contribution in [0.3, 0.4) is 0 Å². The Labute approximate surface area is 166 Å². The van der Waals surface area contributed by atoms with Crippen LogP contribution >= 0.6 is 11.6 Å². The molecule has 2 aromatic carbocycles. The van der Waals surface area contributed by atoms with Crippen molar-refractivity contribution in [3.05, 3.63) is 59.2 Å². The zero-order valence-electron chi connectivity index (χ0n) is 14.6.